The third-order valence-corrected chi connectivity index (χ3v) is 16.2. The van der Waals surface area contributed by atoms with E-state index in [1.54, 1.807) is 6.08 Å². The summed E-state index contributed by atoms with van der Waals surface area (Å²) in [6.07, 6.45) is 82.4. The number of carbonyl (C=O) groups is 2. The molecule has 3 N–H and O–H groups in total. The highest BCUT2D eigenvalue weighted by Crippen LogP contribution is 2.18. The topological polar surface area (TPSA) is 95.9 Å². The summed E-state index contributed by atoms with van der Waals surface area (Å²) in [7, 11) is 0. The van der Waals surface area contributed by atoms with Gasteiger partial charge in [-0.25, -0.2) is 0 Å². The molecule has 0 heterocycles. The van der Waals surface area contributed by atoms with E-state index < -0.39 is 12.1 Å². The number of ether oxygens (including phenoxy) is 1. The molecule has 0 spiro atoms. The fraction of sp³-hybridized carbons (Fsp3) is 0.914. The van der Waals surface area contributed by atoms with Crippen molar-refractivity contribution in [3.63, 3.8) is 0 Å². The number of unbranched alkanes of at least 4 members (excludes halogenated alkanes) is 52. The minimum absolute atomic E-state index is 0.00868. The number of carbonyl (C=O) groups excluding carboxylic acids is 2. The summed E-state index contributed by atoms with van der Waals surface area (Å²) in [6.45, 7) is 4.93. The lowest BCUT2D eigenvalue weighted by Crippen LogP contribution is -2.45. The first-order valence-corrected chi connectivity index (χ1v) is 34.6. The van der Waals surface area contributed by atoms with Crippen LogP contribution in [0, 0.1) is 0 Å². The van der Waals surface area contributed by atoms with E-state index in [1.807, 2.05) is 6.08 Å². The predicted octanol–water partition coefficient (Wildman–Crippen LogP) is 22.1. The number of nitrogens with one attached hydrogen (secondary N) is 1. The van der Waals surface area contributed by atoms with E-state index >= 15 is 0 Å². The molecular formula is C70H135NO5. The molecular weight excluding hydrogens is 935 g/mol. The minimum Gasteiger partial charge on any atom is -0.466 e. The Labute approximate surface area is 475 Å². The second-order valence-electron chi connectivity index (χ2n) is 23.9. The van der Waals surface area contributed by atoms with Crippen molar-refractivity contribution in [3.8, 4) is 0 Å². The maximum absolute atomic E-state index is 12.5. The van der Waals surface area contributed by atoms with Crippen molar-refractivity contribution >= 4 is 11.9 Å². The fourth-order valence-corrected chi connectivity index (χ4v) is 10.9. The van der Waals surface area contributed by atoms with E-state index in [4.69, 9.17) is 4.74 Å². The van der Waals surface area contributed by atoms with E-state index in [1.165, 1.54) is 315 Å². The monoisotopic (exact) mass is 1070 g/mol. The quantitative estimate of drug-likeness (QED) is 0.0320. The third kappa shape index (κ3) is 61.6. The van der Waals surface area contributed by atoms with Crippen molar-refractivity contribution in [2.75, 3.05) is 13.2 Å². The van der Waals surface area contributed by atoms with Crippen molar-refractivity contribution in [2.45, 2.75) is 398 Å². The van der Waals surface area contributed by atoms with Crippen molar-refractivity contribution in [2.24, 2.45) is 0 Å². The van der Waals surface area contributed by atoms with Crippen molar-refractivity contribution < 1.29 is 24.5 Å². The van der Waals surface area contributed by atoms with Gasteiger partial charge in [-0.3, -0.25) is 9.59 Å². The van der Waals surface area contributed by atoms with Gasteiger partial charge in [0.25, 0.3) is 0 Å². The summed E-state index contributed by atoms with van der Waals surface area (Å²) < 4.78 is 5.49. The summed E-state index contributed by atoms with van der Waals surface area (Å²) in [5, 5.41) is 23.3. The number of aliphatic hydroxyl groups excluding tert-OH is 2. The van der Waals surface area contributed by atoms with E-state index in [0.717, 1.165) is 44.9 Å². The normalized spacial score (nSPS) is 12.6. The maximum Gasteiger partial charge on any atom is 0.305 e. The van der Waals surface area contributed by atoms with Crippen LogP contribution >= 0.6 is 0 Å². The minimum atomic E-state index is -0.851. The number of esters is 1. The average molecular weight is 1070 g/mol. The van der Waals surface area contributed by atoms with Crippen LogP contribution in [0.4, 0.5) is 0 Å². The number of hydrogen-bond donors (Lipinski definition) is 3. The molecule has 0 fully saturated rings. The second kappa shape index (κ2) is 65.9. The average Bonchev–Trinajstić information content (AvgIpc) is 3.42. The van der Waals surface area contributed by atoms with Gasteiger partial charge < -0.3 is 20.3 Å². The van der Waals surface area contributed by atoms with E-state index in [0.29, 0.717) is 19.4 Å². The Morgan fingerprint density at radius 2 is 0.618 bits per heavy atom. The molecule has 0 bridgehead atoms. The van der Waals surface area contributed by atoms with Crippen molar-refractivity contribution in [1.82, 2.24) is 5.32 Å². The zero-order valence-electron chi connectivity index (χ0n) is 51.5. The molecule has 0 aliphatic carbocycles. The second-order valence-corrected chi connectivity index (χ2v) is 23.9. The lowest BCUT2D eigenvalue weighted by Gasteiger charge is -2.20. The third-order valence-electron chi connectivity index (χ3n) is 16.2. The highest BCUT2D eigenvalue weighted by atomic mass is 16.5. The highest BCUT2D eigenvalue weighted by Gasteiger charge is 2.18. The van der Waals surface area contributed by atoms with E-state index in [2.05, 4.69) is 31.3 Å². The molecule has 2 atom stereocenters. The lowest BCUT2D eigenvalue weighted by molar-refractivity contribution is -0.143. The van der Waals surface area contributed by atoms with Gasteiger partial charge >= 0.3 is 5.97 Å². The number of rotatable bonds is 65. The van der Waals surface area contributed by atoms with Crippen LogP contribution in [0.15, 0.2) is 24.3 Å². The molecule has 0 aliphatic heterocycles. The molecule has 2 unspecified atom stereocenters. The van der Waals surface area contributed by atoms with Gasteiger partial charge in [0, 0.05) is 12.8 Å². The Balaban J connectivity index is 3.45. The van der Waals surface area contributed by atoms with Crippen LogP contribution in [0.5, 0.6) is 0 Å². The van der Waals surface area contributed by atoms with Gasteiger partial charge in [0.1, 0.15) is 0 Å². The van der Waals surface area contributed by atoms with Crippen LogP contribution < -0.4 is 5.32 Å². The Morgan fingerprint density at radius 3 is 0.934 bits per heavy atom. The van der Waals surface area contributed by atoms with Gasteiger partial charge in [-0.1, -0.05) is 340 Å². The van der Waals surface area contributed by atoms with Gasteiger partial charge in [-0.15, -0.1) is 0 Å². The molecule has 1 amide bonds. The van der Waals surface area contributed by atoms with Crippen LogP contribution in [-0.4, -0.2) is 47.4 Å². The molecule has 0 aliphatic rings. The smallest absolute Gasteiger partial charge is 0.305 e. The first-order valence-electron chi connectivity index (χ1n) is 34.6. The first kappa shape index (κ1) is 74.3. The van der Waals surface area contributed by atoms with Crippen LogP contribution in [0.2, 0.25) is 0 Å². The maximum atomic E-state index is 12.5. The van der Waals surface area contributed by atoms with Crippen LogP contribution in [0.25, 0.3) is 0 Å². The number of aliphatic hydroxyl groups is 2. The van der Waals surface area contributed by atoms with Crippen LogP contribution in [0.3, 0.4) is 0 Å². The molecule has 0 radical (unpaired) electrons. The molecule has 0 aromatic carbocycles. The Hall–Kier alpha value is -1.66. The van der Waals surface area contributed by atoms with Gasteiger partial charge in [0.2, 0.25) is 5.91 Å². The van der Waals surface area contributed by atoms with E-state index in [9.17, 15) is 19.8 Å². The Bertz CT molecular complexity index is 1190. The van der Waals surface area contributed by atoms with Crippen LogP contribution in [-0.2, 0) is 14.3 Å². The molecule has 450 valence electrons. The largest absolute Gasteiger partial charge is 0.466 e. The molecule has 76 heavy (non-hydrogen) atoms. The van der Waals surface area contributed by atoms with Gasteiger partial charge in [-0.05, 0) is 57.8 Å². The Morgan fingerprint density at radius 1 is 0.355 bits per heavy atom. The molecule has 0 saturated carbocycles. The zero-order chi connectivity index (χ0) is 55.0. The van der Waals surface area contributed by atoms with Crippen LogP contribution in [0.1, 0.15) is 386 Å². The molecule has 0 rings (SSSR count). The molecule has 0 aromatic heterocycles. The molecule has 0 aromatic rings. The van der Waals surface area contributed by atoms with Crippen molar-refractivity contribution in [3.05, 3.63) is 24.3 Å². The van der Waals surface area contributed by atoms with Gasteiger partial charge in [-0.2, -0.15) is 0 Å². The Kier molecular flexibility index (Phi) is 64.4. The van der Waals surface area contributed by atoms with E-state index in [-0.39, 0.29) is 18.5 Å². The molecule has 0 saturated heterocycles. The summed E-state index contributed by atoms with van der Waals surface area (Å²) in [4.78, 5) is 24.6. The lowest BCUT2D eigenvalue weighted by atomic mass is 10.0. The number of allylic oxidation sites excluding steroid dienone is 3. The summed E-state index contributed by atoms with van der Waals surface area (Å²) in [6, 6.07) is -0.635. The van der Waals surface area contributed by atoms with Crippen molar-refractivity contribution in [1.29, 1.82) is 0 Å². The molecule has 6 nitrogen and oxygen atoms in total. The first-order chi connectivity index (χ1) is 37.5. The standard InChI is InChI=1S/C70H135NO5/c1-3-5-7-9-11-13-15-17-19-20-21-22-23-24-25-26-29-32-35-38-42-46-50-54-58-62-68(73)67(66-72)71-69(74)63-59-55-51-47-43-39-36-33-30-27-28-31-34-37-41-45-49-53-57-61-65-76-70(75)64-60-56-52-48-44-40-18-16-14-12-10-8-6-4-2/h27,30,58,62,67-68,72-73H,3-26,28-29,31-57,59-61,63-66H2,1-2H3,(H,71,74)/b30-27-,62-58+. The van der Waals surface area contributed by atoms with Gasteiger partial charge in [0.15, 0.2) is 0 Å². The summed E-state index contributed by atoms with van der Waals surface area (Å²) in [5.74, 6) is -0.0636. The SMILES string of the molecule is CCCCCCCCCCCCCCCCCCCCCCCCC/C=C/C(O)C(CO)NC(=O)CCCCCCCCC/C=C\CCCCCCCCCCCOC(=O)CCCCCCCCCCCCCCCC. The fourth-order valence-electron chi connectivity index (χ4n) is 10.9. The summed E-state index contributed by atoms with van der Waals surface area (Å²) >= 11 is 0. The summed E-state index contributed by atoms with van der Waals surface area (Å²) in [5.41, 5.74) is 0. The highest BCUT2D eigenvalue weighted by molar-refractivity contribution is 5.76. The zero-order valence-corrected chi connectivity index (χ0v) is 51.5. The number of hydrogen-bond acceptors (Lipinski definition) is 5. The van der Waals surface area contributed by atoms with Gasteiger partial charge in [0.05, 0.1) is 25.4 Å². The number of amides is 1. The molecule has 6 heteroatoms. The predicted molar refractivity (Wildman–Crippen MR) is 333 cm³/mol.